The molecule has 4 rings (SSSR count). The molecule has 0 saturated carbocycles. The molecule has 4 heteroatoms. The molecule has 0 saturated heterocycles. The molecule has 0 fully saturated rings. The summed E-state index contributed by atoms with van der Waals surface area (Å²) in [5.41, 5.74) is 0. The van der Waals surface area contributed by atoms with Crippen molar-refractivity contribution in [1.82, 2.24) is 5.32 Å². The zero-order chi connectivity index (χ0) is 23.4. The molecule has 4 aromatic carbocycles. The van der Waals surface area contributed by atoms with E-state index in [4.69, 9.17) is 0 Å². The van der Waals surface area contributed by atoms with Crippen molar-refractivity contribution in [3.8, 4) is 0 Å². The van der Waals surface area contributed by atoms with Crippen molar-refractivity contribution in [2.45, 2.75) is 0 Å². The molecule has 0 aromatic heterocycles. The second-order valence-electron chi connectivity index (χ2n) is 8.20. The quantitative estimate of drug-likeness (QED) is 0.181. The van der Waals surface area contributed by atoms with E-state index < -0.39 is 15.8 Å². The van der Waals surface area contributed by atoms with Gasteiger partial charge in [0.2, 0.25) is 0 Å². The number of rotatable bonds is 12. The molecule has 1 N–H and O–H groups in total. The van der Waals surface area contributed by atoms with Crippen molar-refractivity contribution in [1.29, 1.82) is 0 Å². The second-order valence-corrected chi connectivity index (χ2v) is 12.8. The summed E-state index contributed by atoms with van der Waals surface area (Å²) in [6, 6.07) is 42.9. The van der Waals surface area contributed by atoms with Gasteiger partial charge in [-0.3, -0.25) is 0 Å². The molecule has 34 heavy (non-hydrogen) atoms. The summed E-state index contributed by atoms with van der Waals surface area (Å²) in [4.78, 5) is 12.0. The standard InChI is InChI=1S/C30H31NOP2/c32-24-26(25-34(29-17-9-3-10-18-29)30-19-11-4-12-20-30)23-31-21-22-33(27-13-5-1-6-14-27)28-15-7-2-8-16-28/h1-20,24,26,31H,21-23,25H2. The zero-order valence-electron chi connectivity index (χ0n) is 19.3. The highest BCUT2D eigenvalue weighted by atomic mass is 31.1. The third kappa shape index (κ3) is 6.94. The third-order valence-corrected chi connectivity index (χ3v) is 11.0. The predicted molar refractivity (Wildman–Crippen MR) is 150 cm³/mol. The Morgan fingerprint density at radius 2 is 0.971 bits per heavy atom. The Kier molecular flexibility index (Phi) is 9.59. The molecule has 1 unspecified atom stereocenters. The van der Waals surface area contributed by atoms with E-state index in [0.29, 0.717) is 0 Å². The molecule has 0 spiro atoms. The predicted octanol–water partition coefficient (Wildman–Crippen LogP) is 4.66. The van der Waals surface area contributed by atoms with Crippen LogP contribution in [0.5, 0.6) is 0 Å². The van der Waals surface area contributed by atoms with E-state index in [1.54, 1.807) is 0 Å². The first-order valence-corrected chi connectivity index (χ1v) is 14.8. The fourth-order valence-corrected chi connectivity index (χ4v) is 8.80. The van der Waals surface area contributed by atoms with Crippen LogP contribution in [0, 0.1) is 5.92 Å². The maximum atomic E-state index is 12.0. The zero-order valence-corrected chi connectivity index (χ0v) is 21.1. The maximum Gasteiger partial charge on any atom is 0.124 e. The number of benzene rings is 4. The number of aldehydes is 1. The molecule has 172 valence electrons. The van der Waals surface area contributed by atoms with Crippen LogP contribution in [0.4, 0.5) is 0 Å². The lowest BCUT2D eigenvalue weighted by Crippen LogP contribution is -2.31. The van der Waals surface area contributed by atoms with Gasteiger partial charge in [-0.1, -0.05) is 121 Å². The van der Waals surface area contributed by atoms with Crippen LogP contribution in [0.2, 0.25) is 0 Å². The minimum atomic E-state index is -0.569. The maximum absolute atomic E-state index is 12.0. The van der Waals surface area contributed by atoms with Crippen LogP contribution in [0.3, 0.4) is 0 Å². The molecule has 4 aromatic rings. The molecule has 0 bridgehead atoms. The summed E-state index contributed by atoms with van der Waals surface area (Å²) in [5.74, 6) is -0.00815. The van der Waals surface area contributed by atoms with E-state index in [-0.39, 0.29) is 5.92 Å². The van der Waals surface area contributed by atoms with Gasteiger partial charge in [-0.05, 0) is 55.9 Å². The Bertz CT molecular complexity index is 1030. The average molecular weight is 484 g/mol. The molecule has 0 radical (unpaired) electrons. The lowest BCUT2D eigenvalue weighted by atomic mass is 10.2. The van der Waals surface area contributed by atoms with E-state index in [2.05, 4.69) is 127 Å². The van der Waals surface area contributed by atoms with Gasteiger partial charge in [-0.15, -0.1) is 0 Å². The van der Waals surface area contributed by atoms with E-state index in [1.165, 1.54) is 21.2 Å². The summed E-state index contributed by atoms with van der Waals surface area (Å²) < 4.78 is 0. The highest BCUT2D eigenvalue weighted by Gasteiger charge is 2.19. The van der Waals surface area contributed by atoms with Crippen molar-refractivity contribution in [3.05, 3.63) is 121 Å². The SMILES string of the molecule is O=CC(CNCCP(c1ccccc1)c1ccccc1)CP(c1ccccc1)c1ccccc1. The molecular formula is C30H31NOP2. The third-order valence-electron chi connectivity index (χ3n) is 5.80. The van der Waals surface area contributed by atoms with Crippen LogP contribution in [0.15, 0.2) is 121 Å². The highest BCUT2D eigenvalue weighted by molar-refractivity contribution is 7.73. The Balaban J connectivity index is 1.39. The number of carbonyl (C=O) groups excluding carboxylic acids is 1. The fourth-order valence-electron chi connectivity index (χ4n) is 4.07. The van der Waals surface area contributed by atoms with E-state index in [9.17, 15) is 4.79 Å². The average Bonchev–Trinajstić information content (AvgIpc) is 2.92. The Hall–Kier alpha value is -2.63. The van der Waals surface area contributed by atoms with Crippen LogP contribution in [0.25, 0.3) is 0 Å². The van der Waals surface area contributed by atoms with Crippen LogP contribution >= 0.6 is 15.8 Å². The van der Waals surface area contributed by atoms with Crippen LogP contribution in [-0.4, -0.2) is 31.7 Å². The van der Waals surface area contributed by atoms with Gasteiger partial charge in [-0.25, -0.2) is 0 Å². The van der Waals surface area contributed by atoms with Crippen LogP contribution in [0.1, 0.15) is 0 Å². The lowest BCUT2D eigenvalue weighted by Gasteiger charge is -2.23. The molecule has 0 aliphatic rings. The van der Waals surface area contributed by atoms with E-state index >= 15 is 0 Å². The van der Waals surface area contributed by atoms with Crippen LogP contribution < -0.4 is 26.5 Å². The van der Waals surface area contributed by atoms with Crippen molar-refractivity contribution >= 4 is 43.3 Å². The summed E-state index contributed by atoms with van der Waals surface area (Å²) in [6.45, 7) is 1.61. The number of hydrogen-bond acceptors (Lipinski definition) is 2. The van der Waals surface area contributed by atoms with Gasteiger partial charge in [0.05, 0.1) is 0 Å². The van der Waals surface area contributed by atoms with Crippen molar-refractivity contribution in [2.75, 3.05) is 25.4 Å². The van der Waals surface area contributed by atoms with E-state index in [1.807, 2.05) is 0 Å². The van der Waals surface area contributed by atoms with Gasteiger partial charge in [0, 0.05) is 12.5 Å². The number of nitrogens with one attached hydrogen (secondary N) is 1. The summed E-state index contributed by atoms with van der Waals surface area (Å²) in [5, 5.41) is 9.06. The largest absolute Gasteiger partial charge is 0.316 e. The summed E-state index contributed by atoms with van der Waals surface area (Å²) in [6.07, 6.45) is 3.07. The summed E-state index contributed by atoms with van der Waals surface area (Å²) in [7, 11) is -0.991. The molecule has 0 amide bonds. The normalized spacial score (nSPS) is 12.1. The topological polar surface area (TPSA) is 29.1 Å². The van der Waals surface area contributed by atoms with Gasteiger partial charge in [-0.2, -0.15) is 0 Å². The minimum Gasteiger partial charge on any atom is -0.316 e. The minimum absolute atomic E-state index is 0.00815. The monoisotopic (exact) mass is 483 g/mol. The Morgan fingerprint density at radius 1 is 0.588 bits per heavy atom. The first-order valence-electron chi connectivity index (χ1n) is 11.8. The Labute approximate surface area is 206 Å². The van der Waals surface area contributed by atoms with Crippen LogP contribution in [-0.2, 0) is 4.79 Å². The van der Waals surface area contributed by atoms with Crippen molar-refractivity contribution < 1.29 is 4.79 Å². The molecule has 0 heterocycles. The Morgan fingerprint density at radius 3 is 1.35 bits per heavy atom. The fraction of sp³-hybridized carbons (Fsp3) is 0.167. The first-order chi connectivity index (χ1) is 16.8. The smallest absolute Gasteiger partial charge is 0.124 e. The van der Waals surface area contributed by atoms with Gasteiger partial charge >= 0.3 is 0 Å². The van der Waals surface area contributed by atoms with Gasteiger partial charge in [0.25, 0.3) is 0 Å². The molecule has 0 aliphatic carbocycles. The lowest BCUT2D eigenvalue weighted by molar-refractivity contribution is -0.110. The highest BCUT2D eigenvalue weighted by Crippen LogP contribution is 2.35. The number of carbonyl (C=O) groups is 1. The van der Waals surface area contributed by atoms with Crippen molar-refractivity contribution in [3.63, 3.8) is 0 Å². The molecule has 1 atom stereocenters. The number of hydrogen-bond donors (Lipinski definition) is 1. The molecular weight excluding hydrogens is 452 g/mol. The summed E-state index contributed by atoms with van der Waals surface area (Å²) >= 11 is 0. The first kappa shape index (κ1) is 24.5. The molecule has 0 aliphatic heterocycles. The van der Waals surface area contributed by atoms with Crippen molar-refractivity contribution in [2.24, 2.45) is 5.92 Å². The molecule has 2 nitrogen and oxygen atoms in total. The van der Waals surface area contributed by atoms with Gasteiger partial charge < -0.3 is 10.1 Å². The van der Waals surface area contributed by atoms with Gasteiger partial charge in [0.15, 0.2) is 0 Å². The second kappa shape index (κ2) is 13.3. The van der Waals surface area contributed by atoms with E-state index in [0.717, 1.165) is 31.7 Å². The van der Waals surface area contributed by atoms with Gasteiger partial charge in [0.1, 0.15) is 6.29 Å².